The summed E-state index contributed by atoms with van der Waals surface area (Å²) in [5, 5.41) is 3.76. The summed E-state index contributed by atoms with van der Waals surface area (Å²) in [4.78, 5) is 4.91. The van der Waals surface area contributed by atoms with Crippen LogP contribution in [-0.4, -0.2) is 14.1 Å². The van der Waals surface area contributed by atoms with Gasteiger partial charge in [-0.2, -0.15) is 18.2 Å². The van der Waals surface area contributed by atoms with Gasteiger partial charge in [-0.3, -0.25) is 4.57 Å². The SMILES string of the molecule is [2H]c1c([2H])c2c(c([2H])c1-c1ccc3c(c1)-c1cccc(-c4cc(C(C)(C)C)cc(C(C)(C)C)c4)c1-[n+]1[c-]n(-c4[c-]c(Oc5[c-]c6c(cc5)c5ccccc5n6-c5cc(C(C)(C)C)ccn5)ccc4)c4cc(-c5ccc6oc7ccccc7c6c5)cc(c41)-c1ccccc1-3)C(C([2H])([2H])[2H])(C([2H])([2H])[2H])C([2H])([2H])C([2H])([2H])C2(C([2H])([2H])[2H])C([2H])([2H])[2H].[Pt]. The quantitative estimate of drug-likeness (QED) is 0.118. The Bertz CT molecular complexity index is 6640. The maximum Gasteiger partial charge on any atom is 0.268 e. The van der Waals surface area contributed by atoms with Gasteiger partial charge in [-0.1, -0.05) is 235 Å². The van der Waals surface area contributed by atoms with E-state index in [4.69, 9.17) is 30.6 Å². The molecule has 5 heterocycles. The van der Waals surface area contributed by atoms with Gasteiger partial charge in [0.05, 0.1) is 20.8 Å². The van der Waals surface area contributed by atoms with Crippen molar-refractivity contribution in [1.82, 2.24) is 14.1 Å². The number of hydrogen-bond acceptors (Lipinski definition) is 3. The summed E-state index contributed by atoms with van der Waals surface area (Å²) in [7, 11) is 0. The van der Waals surface area contributed by atoms with Crippen LogP contribution in [-0.2, 0) is 48.1 Å². The van der Waals surface area contributed by atoms with E-state index >= 15 is 0 Å². The number of pyridine rings is 1. The van der Waals surface area contributed by atoms with E-state index in [-0.39, 0.29) is 32.0 Å². The first-order chi connectivity index (χ1) is 54.7. The van der Waals surface area contributed by atoms with Crippen LogP contribution >= 0.6 is 0 Å². The van der Waals surface area contributed by atoms with E-state index in [1.54, 1.807) is 12.1 Å². The van der Waals surface area contributed by atoms with Gasteiger partial charge in [-0.15, -0.1) is 29.7 Å². The van der Waals surface area contributed by atoms with Gasteiger partial charge < -0.3 is 18.3 Å². The minimum Gasteiger partial charge on any atom is -0.510 e. The molecule has 0 spiro atoms. The average Bonchev–Trinajstić information content (AvgIpc) is 0.720. The number of hydrogen-bond donors (Lipinski definition) is 0. The van der Waals surface area contributed by atoms with E-state index in [2.05, 4.69) is 140 Å². The molecule has 1 aliphatic carbocycles. The second-order valence-electron chi connectivity index (χ2n) is 29.1. The van der Waals surface area contributed by atoms with Crippen molar-refractivity contribution in [3.63, 3.8) is 0 Å². The van der Waals surface area contributed by atoms with Gasteiger partial charge in [-0.05, 0) is 194 Å². The number of fused-ring (bicyclic) bond motifs is 14. The first kappa shape index (κ1) is 45.7. The largest absolute Gasteiger partial charge is 0.510 e. The fourth-order valence-corrected chi connectivity index (χ4v) is 14.2. The molecule has 2 aliphatic rings. The zero-order chi connectivity index (χ0) is 83.7. The number of ether oxygens (including phenoxy) is 1. The van der Waals surface area contributed by atoms with E-state index in [1.165, 1.54) is 6.07 Å². The van der Waals surface area contributed by atoms with Crippen LogP contribution < -0.4 is 9.30 Å². The summed E-state index contributed by atoms with van der Waals surface area (Å²) < 4.78 is 197. The van der Waals surface area contributed by atoms with E-state index in [0.29, 0.717) is 72.9 Å². The molecule has 492 valence electrons. The molecular formula is C92H80N4O2Pt-2. The molecule has 0 bridgehead atoms. The van der Waals surface area contributed by atoms with Crippen LogP contribution in [0.5, 0.6) is 11.5 Å². The van der Waals surface area contributed by atoms with Crippen LogP contribution in [0.3, 0.4) is 0 Å². The average molecular weight is 1490 g/mol. The Kier molecular flexibility index (Phi) is 10.7. The van der Waals surface area contributed by atoms with Crippen molar-refractivity contribution >= 4 is 54.8 Å². The van der Waals surface area contributed by atoms with Gasteiger partial charge in [0.25, 0.3) is 6.33 Å². The molecule has 1 aliphatic heterocycles. The van der Waals surface area contributed by atoms with Crippen LogP contribution in [0.15, 0.2) is 229 Å². The molecule has 0 atom stereocenters. The Balaban J connectivity index is 0.0000104. The van der Waals surface area contributed by atoms with Crippen LogP contribution in [0, 0.1) is 18.5 Å². The zero-order valence-electron chi connectivity index (χ0n) is 75.1. The van der Waals surface area contributed by atoms with Crippen molar-refractivity contribution in [2.24, 2.45) is 0 Å². The van der Waals surface area contributed by atoms with Gasteiger partial charge >= 0.3 is 0 Å². The van der Waals surface area contributed by atoms with E-state index in [9.17, 15) is 9.60 Å². The van der Waals surface area contributed by atoms with E-state index in [1.807, 2.05) is 143 Å². The van der Waals surface area contributed by atoms with Crippen LogP contribution in [0.4, 0.5) is 0 Å². The fraction of sp³-hybridized carbons (Fsp3) is 0.217. The van der Waals surface area contributed by atoms with Gasteiger partial charge in [0.15, 0.2) is 0 Å². The van der Waals surface area contributed by atoms with E-state index < -0.39 is 96.6 Å². The second-order valence-corrected chi connectivity index (χ2v) is 29.1. The molecule has 11 aromatic carbocycles. The topological polar surface area (TPSA) is 49.0 Å². The molecule has 0 unspecified atom stereocenters. The van der Waals surface area contributed by atoms with Gasteiger partial charge in [-0.25, -0.2) is 4.98 Å². The standard InChI is InChI=1S/C92H80N4O2.Pt/c1-88(2,3)61-40-43-93-85(52-61)96-80-30-18-16-26-71(80)72-37-35-66(54-81(72)96)97-65-23-20-22-64(53-65)94-55-95-86-67(60-44-62(89(4,5)6)51-63(45-60)90(7,8)9)28-21-29-74(86)75-46-56(58-33-38-78-79(49-58)92(12,13)42-41-91(78,10)11)32-36-70(75)68-24-14-15-25-69(68)77-48-59(50-82(94)87(77)95)57-34-39-84-76(47-57)73-27-17-19-31-83(73)98-84;/h14-40,43-52H,41-42H2,1-13H3;/q-2;/i10D3,11D3,12D3,13D3,33D,38D,41D2,42D2,49D;. The Hall–Kier alpha value is -9.87. The number of rotatable bonds is 7. The van der Waals surface area contributed by atoms with Crippen molar-refractivity contribution in [2.45, 2.75) is 130 Å². The van der Waals surface area contributed by atoms with Crippen molar-refractivity contribution < 1.29 is 60.8 Å². The molecule has 0 fully saturated rings. The first-order valence-electron chi connectivity index (χ1n) is 42.5. The molecule has 7 heteroatoms. The number of furan rings is 1. The van der Waals surface area contributed by atoms with E-state index in [0.717, 1.165) is 82.9 Å². The molecular weight excluding hydrogens is 1390 g/mol. The maximum absolute atomic E-state index is 10.4. The number of aromatic nitrogens is 4. The van der Waals surface area contributed by atoms with Gasteiger partial charge in [0, 0.05) is 77.0 Å². The first-order valence-corrected chi connectivity index (χ1v) is 33.0. The van der Waals surface area contributed by atoms with Gasteiger partial charge in [0.2, 0.25) is 0 Å². The van der Waals surface area contributed by atoms with Crippen molar-refractivity contribution in [3.05, 3.63) is 271 Å². The molecule has 0 radical (unpaired) electrons. The van der Waals surface area contributed by atoms with Gasteiger partial charge in [0.1, 0.15) is 17.0 Å². The molecule has 0 saturated carbocycles. The zero-order valence-corrected chi connectivity index (χ0v) is 58.3. The summed E-state index contributed by atoms with van der Waals surface area (Å²) in [6, 6.07) is 68.5. The minimum atomic E-state index is -4.53. The molecule has 4 aromatic heterocycles. The fourth-order valence-electron chi connectivity index (χ4n) is 14.2. The summed E-state index contributed by atoms with van der Waals surface area (Å²) in [6.45, 7) is 2.41. The third kappa shape index (κ3) is 10.8. The third-order valence-corrected chi connectivity index (χ3v) is 19.4. The summed E-state index contributed by atoms with van der Waals surface area (Å²) in [5.74, 6) is 1.46. The predicted molar refractivity (Wildman–Crippen MR) is 405 cm³/mol. The Morgan fingerprint density at radius 2 is 1.13 bits per heavy atom. The normalized spacial score (nSPS) is 18.5. The maximum atomic E-state index is 10.4. The molecule has 0 N–H and O–H groups in total. The number of imidazole rings is 1. The predicted octanol–water partition coefficient (Wildman–Crippen LogP) is 24.0. The summed E-state index contributed by atoms with van der Waals surface area (Å²) in [5.41, 5.74) is 1.68. The van der Waals surface area contributed by atoms with Crippen molar-refractivity contribution in [2.75, 3.05) is 0 Å². The van der Waals surface area contributed by atoms with Crippen molar-refractivity contribution in [1.29, 1.82) is 0 Å². The number of nitrogens with zero attached hydrogens (tertiary/aromatic N) is 4. The Labute approximate surface area is 622 Å². The molecule has 0 amide bonds. The summed E-state index contributed by atoms with van der Waals surface area (Å²) >= 11 is 0. The molecule has 17 rings (SSSR count). The molecule has 0 saturated heterocycles. The smallest absolute Gasteiger partial charge is 0.268 e. The summed E-state index contributed by atoms with van der Waals surface area (Å²) in [6.07, 6.45) is -3.29. The van der Waals surface area contributed by atoms with Crippen LogP contribution in [0.1, 0.15) is 156 Å². The third-order valence-electron chi connectivity index (χ3n) is 19.4. The van der Waals surface area contributed by atoms with Crippen LogP contribution in [0.2, 0.25) is 0 Å². The molecule has 6 nitrogen and oxygen atoms in total. The Morgan fingerprint density at radius 1 is 0.495 bits per heavy atom. The molecule has 99 heavy (non-hydrogen) atoms. The minimum absolute atomic E-state index is 0. The van der Waals surface area contributed by atoms with Crippen LogP contribution in [0.25, 0.3) is 139 Å². The van der Waals surface area contributed by atoms with Crippen molar-refractivity contribution in [3.8, 4) is 95.5 Å². The molecule has 15 aromatic rings. The Morgan fingerprint density at radius 3 is 1.90 bits per heavy atom. The second kappa shape index (κ2) is 23.1. The monoisotopic (exact) mass is 1490 g/mol. The number of benzene rings is 11. The number of para-hydroxylation sites is 3.